The maximum Gasteiger partial charge on any atom is 0.298 e. The van der Waals surface area contributed by atoms with Gasteiger partial charge in [-0.05, 0) is 42.5 Å². The van der Waals surface area contributed by atoms with Crippen LogP contribution in [0.2, 0.25) is 0 Å². The Hall–Kier alpha value is -2.14. The lowest BCUT2D eigenvalue weighted by atomic mass is 10.0. The van der Waals surface area contributed by atoms with Gasteiger partial charge >= 0.3 is 0 Å². The van der Waals surface area contributed by atoms with Crippen molar-refractivity contribution in [3.63, 3.8) is 0 Å². The van der Waals surface area contributed by atoms with Crippen molar-refractivity contribution in [2.24, 2.45) is 5.92 Å². The Balaban J connectivity index is 0.000000271. The Kier molecular flexibility index (Phi) is 8.92. The van der Waals surface area contributed by atoms with E-state index in [0.29, 0.717) is 6.42 Å². The van der Waals surface area contributed by atoms with E-state index >= 15 is 0 Å². The van der Waals surface area contributed by atoms with Crippen molar-refractivity contribution in [1.82, 2.24) is 0 Å². The van der Waals surface area contributed by atoms with Gasteiger partial charge in [-0.15, -0.1) is 0 Å². The van der Waals surface area contributed by atoms with Crippen molar-refractivity contribution in [3.8, 4) is 5.75 Å². The molecular weight excluding hydrogens is 336 g/mol. The van der Waals surface area contributed by atoms with E-state index in [0.717, 1.165) is 5.92 Å². The van der Waals surface area contributed by atoms with Gasteiger partial charge in [-0.25, -0.2) is 8.42 Å². The smallest absolute Gasteiger partial charge is 0.298 e. The number of sulfone groups is 1. The number of carbonyl (C=O) groups is 1. The van der Waals surface area contributed by atoms with Crippen molar-refractivity contribution in [2.45, 2.75) is 38.5 Å². The first-order chi connectivity index (χ1) is 11.9. The van der Waals surface area contributed by atoms with Gasteiger partial charge in [-0.2, -0.15) is 0 Å². The third kappa shape index (κ3) is 7.98. The minimum atomic E-state index is -3.25. The first kappa shape index (κ1) is 20.9. The van der Waals surface area contributed by atoms with Crippen LogP contribution < -0.4 is 4.74 Å². The quantitative estimate of drug-likeness (QED) is 0.689. The Labute approximate surface area is 150 Å². The van der Waals surface area contributed by atoms with Gasteiger partial charge in [0.25, 0.3) is 6.47 Å². The lowest BCUT2D eigenvalue weighted by molar-refractivity contribution is -0.120. The highest BCUT2D eigenvalue weighted by Gasteiger charge is 2.13. The van der Waals surface area contributed by atoms with Gasteiger partial charge < -0.3 is 4.74 Å². The van der Waals surface area contributed by atoms with E-state index in [2.05, 4.69) is 48.9 Å². The molecule has 5 heteroatoms. The molecule has 0 fully saturated rings. The van der Waals surface area contributed by atoms with Gasteiger partial charge in [0.2, 0.25) is 0 Å². The maximum atomic E-state index is 11.6. The van der Waals surface area contributed by atoms with E-state index in [1.807, 2.05) is 0 Å². The Morgan fingerprint density at radius 1 is 1.04 bits per heavy atom. The molecule has 0 saturated heterocycles. The van der Waals surface area contributed by atoms with Crippen LogP contribution >= 0.6 is 0 Å². The zero-order valence-corrected chi connectivity index (χ0v) is 15.8. The summed E-state index contributed by atoms with van der Waals surface area (Å²) < 4.78 is 27.9. The van der Waals surface area contributed by atoms with Crippen LogP contribution in [0.25, 0.3) is 0 Å². The molecule has 0 saturated carbocycles. The Bertz CT molecular complexity index is 737. The number of hydrogen-bond acceptors (Lipinski definition) is 4. The molecule has 0 amide bonds. The predicted octanol–water partition coefficient (Wildman–Crippen LogP) is 4.29. The predicted molar refractivity (Wildman–Crippen MR) is 100 cm³/mol. The highest BCUT2D eigenvalue weighted by molar-refractivity contribution is 7.91. The molecule has 0 bridgehead atoms. The second-order valence-corrected chi connectivity index (χ2v) is 8.20. The van der Waals surface area contributed by atoms with E-state index in [4.69, 9.17) is 0 Å². The van der Waals surface area contributed by atoms with Gasteiger partial charge in [0.15, 0.2) is 9.84 Å². The Morgan fingerprint density at radius 2 is 1.72 bits per heavy atom. The van der Waals surface area contributed by atoms with Gasteiger partial charge in [-0.3, -0.25) is 4.79 Å². The van der Waals surface area contributed by atoms with Crippen molar-refractivity contribution < 1.29 is 17.9 Å². The van der Waals surface area contributed by atoms with Crippen LogP contribution in [0.15, 0.2) is 59.5 Å². The second-order valence-electron chi connectivity index (χ2n) is 6.09. The lowest BCUT2D eigenvalue weighted by Crippen LogP contribution is -2.05. The molecule has 2 aromatic rings. The fraction of sp³-hybridized carbons (Fsp3) is 0.350. The van der Waals surface area contributed by atoms with E-state index < -0.39 is 9.84 Å². The molecule has 0 aliphatic rings. The summed E-state index contributed by atoms with van der Waals surface area (Å²) in [5.74, 6) is 1.10. The van der Waals surface area contributed by atoms with Crippen molar-refractivity contribution in [1.29, 1.82) is 0 Å². The highest BCUT2D eigenvalue weighted by atomic mass is 32.2. The molecule has 2 rings (SSSR count). The Morgan fingerprint density at radius 3 is 2.28 bits per heavy atom. The minimum Gasteiger partial charge on any atom is -0.429 e. The molecule has 0 unspecified atom stereocenters. The van der Waals surface area contributed by atoms with Crippen LogP contribution in [0.1, 0.15) is 32.8 Å². The van der Waals surface area contributed by atoms with Gasteiger partial charge in [0, 0.05) is 0 Å². The molecular formula is C20H26O4S. The van der Waals surface area contributed by atoms with Crippen LogP contribution in [0.4, 0.5) is 0 Å². The minimum absolute atomic E-state index is 0.0948. The van der Waals surface area contributed by atoms with E-state index in [-0.39, 0.29) is 22.9 Å². The molecule has 0 radical (unpaired) electrons. The van der Waals surface area contributed by atoms with Crippen LogP contribution in [-0.4, -0.2) is 20.6 Å². The van der Waals surface area contributed by atoms with E-state index in [1.54, 1.807) is 13.0 Å². The average molecular weight is 362 g/mol. The lowest BCUT2D eigenvalue weighted by Gasteiger charge is -2.04. The summed E-state index contributed by atoms with van der Waals surface area (Å²) in [5.41, 5.74) is 1.44. The van der Waals surface area contributed by atoms with Gasteiger partial charge in [0.05, 0.1) is 10.6 Å². The molecule has 0 aliphatic heterocycles. The summed E-state index contributed by atoms with van der Waals surface area (Å²) in [6.45, 7) is 6.55. The van der Waals surface area contributed by atoms with Crippen LogP contribution in [-0.2, 0) is 21.1 Å². The standard InChI is InChI=1S/C10H12O4S.C10H14/c1-2-6-15(12,13)10-5-3-4-9(7-10)14-8-11;1-9(2)8-10-6-4-3-5-7-10/h3-5,7-8H,2,6H2,1H3;3-7,9H,8H2,1-2H3. The number of hydrogen-bond donors (Lipinski definition) is 0. The molecule has 0 aromatic heterocycles. The van der Waals surface area contributed by atoms with Crippen LogP contribution in [0.3, 0.4) is 0 Å². The zero-order valence-electron chi connectivity index (χ0n) is 15.0. The molecule has 2 aromatic carbocycles. The number of benzene rings is 2. The largest absolute Gasteiger partial charge is 0.429 e. The van der Waals surface area contributed by atoms with E-state index in [1.165, 1.54) is 30.2 Å². The number of ether oxygens (including phenoxy) is 1. The summed E-state index contributed by atoms with van der Waals surface area (Å²) in [4.78, 5) is 10.3. The van der Waals surface area contributed by atoms with Crippen molar-refractivity contribution >= 4 is 16.3 Å². The topological polar surface area (TPSA) is 60.4 Å². The summed E-state index contributed by atoms with van der Waals surface area (Å²) in [5, 5.41) is 0. The van der Waals surface area contributed by atoms with E-state index in [9.17, 15) is 13.2 Å². The monoisotopic (exact) mass is 362 g/mol. The fourth-order valence-electron chi connectivity index (χ4n) is 2.27. The van der Waals surface area contributed by atoms with Gasteiger partial charge in [0.1, 0.15) is 5.75 Å². The molecule has 0 aliphatic carbocycles. The summed E-state index contributed by atoms with van der Waals surface area (Å²) in [6.07, 6.45) is 1.75. The fourth-order valence-corrected chi connectivity index (χ4v) is 3.62. The van der Waals surface area contributed by atoms with Crippen molar-refractivity contribution in [3.05, 3.63) is 60.2 Å². The first-order valence-electron chi connectivity index (χ1n) is 8.36. The van der Waals surface area contributed by atoms with Crippen LogP contribution in [0.5, 0.6) is 5.75 Å². The van der Waals surface area contributed by atoms with Crippen LogP contribution in [0, 0.1) is 5.92 Å². The normalized spacial score (nSPS) is 10.7. The molecule has 25 heavy (non-hydrogen) atoms. The zero-order chi connectivity index (χ0) is 18.7. The molecule has 0 atom stereocenters. The SMILES string of the molecule is CC(C)Cc1ccccc1.CCCS(=O)(=O)c1cccc(OC=O)c1. The number of rotatable bonds is 7. The molecule has 136 valence electrons. The summed E-state index contributed by atoms with van der Waals surface area (Å²) in [7, 11) is -3.25. The summed E-state index contributed by atoms with van der Waals surface area (Å²) >= 11 is 0. The van der Waals surface area contributed by atoms with Gasteiger partial charge in [-0.1, -0.05) is 57.2 Å². The molecule has 0 heterocycles. The maximum absolute atomic E-state index is 11.6. The second kappa shape index (κ2) is 10.7. The third-order valence-electron chi connectivity index (χ3n) is 3.31. The average Bonchev–Trinajstić information content (AvgIpc) is 2.56. The third-order valence-corrected chi connectivity index (χ3v) is 5.23. The molecule has 4 nitrogen and oxygen atoms in total. The van der Waals surface area contributed by atoms with Crippen molar-refractivity contribution in [2.75, 3.05) is 5.75 Å². The highest BCUT2D eigenvalue weighted by Crippen LogP contribution is 2.18. The summed E-state index contributed by atoms with van der Waals surface area (Å²) in [6, 6.07) is 16.5. The first-order valence-corrected chi connectivity index (χ1v) is 10.0. The number of carbonyl (C=O) groups excluding carboxylic acids is 1. The molecule has 0 spiro atoms. The molecule has 0 N–H and O–H groups in total.